The Labute approximate surface area is 143 Å². The molecule has 0 aliphatic heterocycles. The monoisotopic (exact) mass is 342 g/mol. The van der Waals surface area contributed by atoms with Crippen LogP contribution >= 0.6 is 0 Å². The van der Waals surface area contributed by atoms with E-state index in [0.29, 0.717) is 18.1 Å². The van der Waals surface area contributed by atoms with Crippen molar-refractivity contribution in [1.82, 2.24) is 15.2 Å². The number of halogens is 2. The van der Waals surface area contributed by atoms with Crippen LogP contribution in [-0.4, -0.2) is 21.1 Å². The average Bonchev–Trinajstić information content (AvgIpc) is 2.99. The Kier molecular flexibility index (Phi) is 4.83. The van der Waals surface area contributed by atoms with E-state index in [1.54, 1.807) is 25.1 Å². The summed E-state index contributed by atoms with van der Waals surface area (Å²) in [6.45, 7) is 1.77. The summed E-state index contributed by atoms with van der Waals surface area (Å²) in [4.78, 5) is 16.2. The van der Waals surface area contributed by atoms with Gasteiger partial charge in [0.2, 0.25) is 5.91 Å². The van der Waals surface area contributed by atoms with Crippen molar-refractivity contribution in [3.05, 3.63) is 76.9 Å². The first kappa shape index (κ1) is 16.8. The lowest BCUT2D eigenvalue weighted by atomic mass is 10.1. The number of amides is 1. The fraction of sp³-hybridized carbons (Fsp3) is 0.167. The molecule has 0 spiro atoms. The Balaban J connectivity index is 1.60. The largest absolute Gasteiger partial charge is 0.323 e. The zero-order chi connectivity index (χ0) is 17.8. The molecule has 3 rings (SSSR count). The van der Waals surface area contributed by atoms with Crippen LogP contribution in [0.5, 0.6) is 0 Å². The number of nitrogens with one attached hydrogen (secondary N) is 2. The number of benzene rings is 2. The van der Waals surface area contributed by atoms with Crippen LogP contribution in [0.3, 0.4) is 0 Å². The molecule has 1 aromatic heterocycles. The standard InChI is InChI=1S/C18H16F2N4O/c1-11-2-7-15(14(20)8-11)21-18(25)10-17-22-16(23-24-17)9-12-3-5-13(19)6-4-12/h2-8H,9-10H2,1H3,(H,21,25)(H,22,23,24). The minimum atomic E-state index is -0.486. The summed E-state index contributed by atoms with van der Waals surface area (Å²) in [5, 5.41) is 9.23. The molecule has 0 saturated carbocycles. The molecule has 7 heteroatoms. The highest BCUT2D eigenvalue weighted by atomic mass is 19.1. The number of rotatable bonds is 5. The van der Waals surface area contributed by atoms with Gasteiger partial charge in [-0.15, -0.1) is 0 Å². The van der Waals surface area contributed by atoms with Gasteiger partial charge in [0, 0.05) is 6.42 Å². The molecule has 128 valence electrons. The fourth-order valence-electron chi connectivity index (χ4n) is 2.35. The summed E-state index contributed by atoms with van der Waals surface area (Å²) in [7, 11) is 0. The lowest BCUT2D eigenvalue weighted by molar-refractivity contribution is -0.115. The lowest BCUT2D eigenvalue weighted by Gasteiger charge is -2.05. The molecule has 0 atom stereocenters. The number of nitrogens with zero attached hydrogens (tertiary/aromatic N) is 2. The highest BCUT2D eigenvalue weighted by Gasteiger charge is 2.12. The number of anilines is 1. The molecule has 3 aromatic rings. The molecule has 0 aliphatic carbocycles. The van der Waals surface area contributed by atoms with Crippen molar-refractivity contribution in [2.75, 3.05) is 5.32 Å². The third kappa shape index (κ3) is 4.47. The zero-order valence-corrected chi connectivity index (χ0v) is 13.5. The molecule has 0 aliphatic rings. The van der Waals surface area contributed by atoms with E-state index in [0.717, 1.165) is 11.1 Å². The van der Waals surface area contributed by atoms with E-state index >= 15 is 0 Å². The maximum Gasteiger partial charge on any atom is 0.232 e. The van der Waals surface area contributed by atoms with Crippen molar-refractivity contribution < 1.29 is 13.6 Å². The number of carbonyl (C=O) groups excluding carboxylic acids is 1. The van der Waals surface area contributed by atoms with Gasteiger partial charge >= 0.3 is 0 Å². The van der Waals surface area contributed by atoms with Crippen LogP contribution in [0.25, 0.3) is 0 Å². The van der Waals surface area contributed by atoms with Gasteiger partial charge in [0.15, 0.2) is 5.82 Å². The van der Waals surface area contributed by atoms with E-state index in [9.17, 15) is 13.6 Å². The highest BCUT2D eigenvalue weighted by Crippen LogP contribution is 2.15. The van der Waals surface area contributed by atoms with E-state index in [1.807, 2.05) is 0 Å². The smallest absolute Gasteiger partial charge is 0.232 e. The number of hydrogen-bond acceptors (Lipinski definition) is 3. The molecular weight excluding hydrogens is 326 g/mol. The maximum atomic E-state index is 13.7. The van der Waals surface area contributed by atoms with Crippen LogP contribution in [0.4, 0.5) is 14.5 Å². The van der Waals surface area contributed by atoms with Crippen LogP contribution in [0.15, 0.2) is 42.5 Å². The Morgan fingerprint density at radius 1 is 1.16 bits per heavy atom. The van der Waals surface area contributed by atoms with Crippen molar-refractivity contribution in [2.24, 2.45) is 0 Å². The Hall–Kier alpha value is -3.09. The third-order valence-electron chi connectivity index (χ3n) is 3.58. The number of aromatic amines is 1. The number of hydrogen-bond donors (Lipinski definition) is 2. The molecule has 2 N–H and O–H groups in total. The Morgan fingerprint density at radius 2 is 1.92 bits per heavy atom. The van der Waals surface area contributed by atoms with Gasteiger partial charge in [-0.3, -0.25) is 9.89 Å². The summed E-state index contributed by atoms with van der Waals surface area (Å²) in [6, 6.07) is 10.6. The van der Waals surface area contributed by atoms with Crippen molar-refractivity contribution in [2.45, 2.75) is 19.8 Å². The molecule has 0 saturated heterocycles. The molecule has 5 nitrogen and oxygen atoms in total. The molecule has 25 heavy (non-hydrogen) atoms. The van der Waals surface area contributed by atoms with Crippen LogP contribution in [0.1, 0.15) is 22.8 Å². The Bertz CT molecular complexity index is 890. The molecule has 1 heterocycles. The predicted octanol–water partition coefficient (Wildman–Crippen LogP) is 3.16. The van der Waals surface area contributed by atoms with E-state index in [1.165, 1.54) is 24.3 Å². The molecule has 0 bridgehead atoms. The van der Waals surface area contributed by atoms with Crippen LogP contribution in [-0.2, 0) is 17.6 Å². The number of aromatic nitrogens is 3. The molecule has 1 amide bonds. The van der Waals surface area contributed by atoms with Crippen LogP contribution < -0.4 is 5.32 Å². The summed E-state index contributed by atoms with van der Waals surface area (Å²) in [5.41, 5.74) is 1.77. The van der Waals surface area contributed by atoms with Gasteiger partial charge in [-0.05, 0) is 42.3 Å². The minimum Gasteiger partial charge on any atom is -0.323 e. The predicted molar refractivity (Wildman–Crippen MR) is 89.1 cm³/mol. The minimum absolute atomic E-state index is 0.0762. The van der Waals surface area contributed by atoms with Crippen molar-refractivity contribution in [1.29, 1.82) is 0 Å². The Morgan fingerprint density at radius 3 is 2.64 bits per heavy atom. The number of carbonyl (C=O) groups is 1. The molecular formula is C18H16F2N4O. The second-order valence-corrected chi connectivity index (χ2v) is 5.71. The van der Waals surface area contributed by atoms with Gasteiger partial charge in [0.1, 0.15) is 17.5 Å². The average molecular weight is 342 g/mol. The van der Waals surface area contributed by atoms with E-state index in [2.05, 4.69) is 20.5 Å². The molecule has 2 aromatic carbocycles. The highest BCUT2D eigenvalue weighted by molar-refractivity contribution is 5.91. The number of aryl methyl sites for hydroxylation is 1. The van der Waals surface area contributed by atoms with Crippen molar-refractivity contribution in [3.63, 3.8) is 0 Å². The van der Waals surface area contributed by atoms with Crippen LogP contribution in [0.2, 0.25) is 0 Å². The van der Waals surface area contributed by atoms with Gasteiger partial charge < -0.3 is 5.32 Å². The molecule has 0 unspecified atom stereocenters. The lowest BCUT2D eigenvalue weighted by Crippen LogP contribution is -2.16. The van der Waals surface area contributed by atoms with Gasteiger partial charge in [0.05, 0.1) is 12.1 Å². The summed E-state index contributed by atoms with van der Waals surface area (Å²) < 4.78 is 26.6. The number of H-pyrrole nitrogens is 1. The SMILES string of the molecule is Cc1ccc(NC(=O)Cc2n[nH]c(Cc3ccc(F)cc3)n2)c(F)c1. The molecule has 0 fully saturated rings. The van der Waals surface area contributed by atoms with E-state index in [4.69, 9.17) is 0 Å². The fourth-order valence-corrected chi connectivity index (χ4v) is 2.35. The summed E-state index contributed by atoms with van der Waals surface area (Å²) >= 11 is 0. The first-order chi connectivity index (χ1) is 12.0. The van der Waals surface area contributed by atoms with Crippen LogP contribution in [0, 0.1) is 18.6 Å². The summed E-state index contributed by atoms with van der Waals surface area (Å²) in [5.74, 6) is -0.324. The van der Waals surface area contributed by atoms with Gasteiger partial charge in [-0.25, -0.2) is 13.8 Å². The molecule has 0 radical (unpaired) electrons. The summed E-state index contributed by atoms with van der Waals surface area (Å²) in [6.07, 6.45) is 0.370. The van der Waals surface area contributed by atoms with Gasteiger partial charge in [0.25, 0.3) is 0 Å². The van der Waals surface area contributed by atoms with Crippen molar-refractivity contribution in [3.8, 4) is 0 Å². The second kappa shape index (κ2) is 7.21. The second-order valence-electron chi connectivity index (χ2n) is 5.71. The van der Waals surface area contributed by atoms with Gasteiger partial charge in [-0.1, -0.05) is 18.2 Å². The first-order valence-electron chi connectivity index (χ1n) is 7.70. The topological polar surface area (TPSA) is 70.7 Å². The zero-order valence-electron chi connectivity index (χ0n) is 13.5. The van der Waals surface area contributed by atoms with E-state index in [-0.39, 0.29) is 17.9 Å². The van der Waals surface area contributed by atoms with Gasteiger partial charge in [-0.2, -0.15) is 5.10 Å². The maximum absolute atomic E-state index is 13.7. The van der Waals surface area contributed by atoms with E-state index < -0.39 is 11.7 Å². The third-order valence-corrected chi connectivity index (χ3v) is 3.58. The first-order valence-corrected chi connectivity index (χ1v) is 7.70. The van der Waals surface area contributed by atoms with Crippen molar-refractivity contribution >= 4 is 11.6 Å². The quantitative estimate of drug-likeness (QED) is 0.748. The normalized spacial score (nSPS) is 10.7.